The maximum atomic E-state index is 13.6. The fraction of sp³-hybridized carbons (Fsp3) is 0.571. The Labute approximate surface area is 204 Å². The van der Waals surface area contributed by atoms with Crippen LogP contribution in [0.2, 0.25) is 0 Å². The lowest BCUT2D eigenvalue weighted by molar-refractivity contribution is -0.145. The van der Waals surface area contributed by atoms with E-state index in [0.717, 1.165) is 37.7 Å². The van der Waals surface area contributed by atoms with Crippen LogP contribution in [0.15, 0.2) is 29.4 Å². The number of carbonyl (C=O) groups is 2. The summed E-state index contributed by atoms with van der Waals surface area (Å²) in [4.78, 5) is 27.4. The molecule has 0 bridgehead atoms. The van der Waals surface area contributed by atoms with Crippen molar-refractivity contribution in [2.75, 3.05) is 13.7 Å². The summed E-state index contributed by atoms with van der Waals surface area (Å²) in [5.41, 5.74) is 3.60. The van der Waals surface area contributed by atoms with E-state index in [9.17, 15) is 19.8 Å². The average molecular weight is 472 g/mol. The van der Waals surface area contributed by atoms with Crippen LogP contribution in [0.25, 0.3) is 0 Å². The van der Waals surface area contributed by atoms with Crippen LogP contribution >= 0.6 is 0 Å². The van der Waals surface area contributed by atoms with Crippen LogP contribution in [0.5, 0.6) is 11.5 Å². The molecule has 0 spiro atoms. The number of methoxy groups -OCH3 is 1. The van der Waals surface area contributed by atoms with Gasteiger partial charge in [-0.25, -0.2) is 4.79 Å². The van der Waals surface area contributed by atoms with Gasteiger partial charge < -0.3 is 19.8 Å². The van der Waals surface area contributed by atoms with Gasteiger partial charge in [-0.3, -0.25) is 4.79 Å². The molecule has 1 aliphatic rings. The van der Waals surface area contributed by atoms with Crippen molar-refractivity contribution >= 4 is 11.9 Å². The first-order chi connectivity index (χ1) is 16.2. The van der Waals surface area contributed by atoms with E-state index in [-0.39, 0.29) is 23.0 Å². The van der Waals surface area contributed by atoms with Gasteiger partial charge in [-0.1, -0.05) is 43.1 Å². The molecule has 34 heavy (non-hydrogen) atoms. The molecule has 1 amide bonds. The van der Waals surface area contributed by atoms with Crippen LogP contribution in [0.3, 0.4) is 0 Å². The number of phenolic OH excluding ortho intramolecular Hbond substituents is 2. The topological polar surface area (TPSA) is 87.1 Å². The summed E-state index contributed by atoms with van der Waals surface area (Å²) in [5, 5.41) is 22.0. The predicted octanol–water partition coefficient (Wildman–Crippen LogP) is 5.84. The molecule has 2 rings (SSSR count). The first kappa shape index (κ1) is 27.5. The van der Waals surface area contributed by atoms with E-state index in [2.05, 4.69) is 26.8 Å². The number of allylic oxidation sites excluding steroid dienone is 4. The summed E-state index contributed by atoms with van der Waals surface area (Å²) in [6.45, 7) is 8.71. The minimum absolute atomic E-state index is 0.000151. The Hall–Kier alpha value is -2.76. The first-order valence-electron chi connectivity index (χ1n) is 12.5. The van der Waals surface area contributed by atoms with Gasteiger partial charge in [-0.15, -0.1) is 0 Å². The van der Waals surface area contributed by atoms with Crippen molar-refractivity contribution in [1.82, 2.24) is 4.90 Å². The fourth-order valence-corrected chi connectivity index (χ4v) is 4.45. The molecule has 1 heterocycles. The largest absolute Gasteiger partial charge is 0.508 e. The van der Waals surface area contributed by atoms with Gasteiger partial charge >= 0.3 is 5.97 Å². The lowest BCUT2D eigenvalue weighted by Gasteiger charge is -2.25. The first-order valence-corrected chi connectivity index (χ1v) is 12.5. The highest BCUT2D eigenvalue weighted by Gasteiger charge is 2.37. The number of hydrogen-bond donors (Lipinski definition) is 2. The number of amides is 1. The van der Waals surface area contributed by atoms with Crippen LogP contribution in [0.1, 0.15) is 94.1 Å². The molecule has 2 N–H and O–H groups in total. The zero-order chi connectivity index (χ0) is 25.3. The van der Waals surface area contributed by atoms with E-state index in [1.807, 2.05) is 13.0 Å². The number of carbonyl (C=O) groups excluding carboxylic acids is 2. The summed E-state index contributed by atoms with van der Waals surface area (Å²) in [6, 6.07) is 0.975. The van der Waals surface area contributed by atoms with E-state index >= 15 is 0 Å². The smallest absolute Gasteiger partial charge is 0.328 e. The Morgan fingerprint density at radius 3 is 2.56 bits per heavy atom. The lowest BCUT2D eigenvalue weighted by atomic mass is 9.93. The molecule has 1 aliphatic heterocycles. The molecule has 1 aromatic rings. The van der Waals surface area contributed by atoms with Gasteiger partial charge in [0.15, 0.2) is 0 Å². The van der Waals surface area contributed by atoms with E-state index < -0.39 is 12.0 Å². The highest BCUT2D eigenvalue weighted by atomic mass is 16.5. The monoisotopic (exact) mass is 471 g/mol. The number of aromatic hydroxyl groups is 2. The molecule has 188 valence electrons. The molecule has 1 atom stereocenters. The number of hydrogen-bond acceptors (Lipinski definition) is 5. The maximum Gasteiger partial charge on any atom is 0.328 e. The second-order valence-corrected chi connectivity index (χ2v) is 9.47. The second-order valence-electron chi connectivity index (χ2n) is 9.47. The van der Waals surface area contributed by atoms with E-state index in [1.165, 1.54) is 17.6 Å². The number of phenols is 2. The van der Waals surface area contributed by atoms with E-state index in [1.54, 1.807) is 6.07 Å². The number of nitrogens with zero attached hydrogens (tertiary/aromatic N) is 1. The minimum atomic E-state index is -0.644. The third-order valence-corrected chi connectivity index (χ3v) is 6.46. The molecule has 1 fully saturated rings. The molecule has 1 saturated heterocycles. The molecule has 1 aromatic carbocycles. The Balaban J connectivity index is 2.40. The molecule has 0 aliphatic carbocycles. The third-order valence-electron chi connectivity index (χ3n) is 6.46. The predicted molar refractivity (Wildman–Crippen MR) is 135 cm³/mol. The molecule has 6 nitrogen and oxygen atoms in total. The number of aryl methyl sites for hydroxylation is 1. The van der Waals surface area contributed by atoms with Gasteiger partial charge in [-0.2, -0.15) is 0 Å². The standard InChI is InChI=1S/C28H41NO5/c1-6-7-8-13-21-18-24(30)22(16-15-20(4)12-9-11-19(2)3)26(31)25(21)27(32)29-17-10-14-23(29)28(33)34-5/h11,15,18,23,30-31H,6-10,12-14,16-17H2,1-5H3/t23-/m1/s1. The fourth-order valence-electron chi connectivity index (χ4n) is 4.45. The van der Waals surface area contributed by atoms with Crippen molar-refractivity contribution in [3.8, 4) is 11.5 Å². The van der Waals surface area contributed by atoms with Crippen molar-refractivity contribution in [1.29, 1.82) is 0 Å². The van der Waals surface area contributed by atoms with Crippen LogP contribution in [-0.2, 0) is 22.4 Å². The van der Waals surface area contributed by atoms with Crippen molar-refractivity contribution in [3.63, 3.8) is 0 Å². The third kappa shape index (κ3) is 7.12. The summed E-state index contributed by atoms with van der Waals surface area (Å²) in [5.74, 6) is -0.991. The molecular weight excluding hydrogens is 430 g/mol. The van der Waals surface area contributed by atoms with E-state index in [0.29, 0.717) is 43.4 Å². The summed E-state index contributed by atoms with van der Waals surface area (Å²) >= 11 is 0. The number of likely N-dealkylation sites (tertiary alicyclic amines) is 1. The highest BCUT2D eigenvalue weighted by Crippen LogP contribution is 2.37. The Morgan fingerprint density at radius 2 is 1.91 bits per heavy atom. The highest BCUT2D eigenvalue weighted by molar-refractivity contribution is 6.01. The molecule has 0 unspecified atom stereocenters. The van der Waals surface area contributed by atoms with Gasteiger partial charge in [0.1, 0.15) is 17.5 Å². The average Bonchev–Trinajstić information content (AvgIpc) is 3.28. The minimum Gasteiger partial charge on any atom is -0.508 e. The van der Waals surface area contributed by atoms with Crippen LogP contribution in [0.4, 0.5) is 0 Å². The molecule has 0 saturated carbocycles. The lowest BCUT2D eigenvalue weighted by Crippen LogP contribution is -2.41. The van der Waals surface area contributed by atoms with Crippen molar-refractivity contribution in [2.24, 2.45) is 0 Å². The second kappa shape index (κ2) is 13.2. The number of rotatable bonds is 11. The Morgan fingerprint density at radius 1 is 1.18 bits per heavy atom. The quantitative estimate of drug-likeness (QED) is 0.240. The summed E-state index contributed by atoms with van der Waals surface area (Å²) < 4.78 is 4.90. The number of ether oxygens (including phenoxy) is 1. The van der Waals surface area contributed by atoms with Gasteiger partial charge in [0.2, 0.25) is 0 Å². The molecular formula is C28H41NO5. The summed E-state index contributed by atoms with van der Waals surface area (Å²) in [7, 11) is 1.32. The molecule has 0 aromatic heterocycles. The van der Waals surface area contributed by atoms with Gasteiger partial charge in [0.05, 0.1) is 12.7 Å². The zero-order valence-corrected chi connectivity index (χ0v) is 21.4. The van der Waals surface area contributed by atoms with E-state index in [4.69, 9.17) is 4.74 Å². The van der Waals surface area contributed by atoms with Crippen molar-refractivity contribution in [2.45, 2.75) is 91.5 Å². The van der Waals surface area contributed by atoms with Gasteiger partial charge in [0.25, 0.3) is 5.91 Å². The maximum absolute atomic E-state index is 13.6. The summed E-state index contributed by atoms with van der Waals surface area (Å²) in [6.07, 6.45) is 11.0. The van der Waals surface area contributed by atoms with Crippen LogP contribution in [-0.4, -0.2) is 46.7 Å². The van der Waals surface area contributed by atoms with Crippen LogP contribution < -0.4 is 0 Å². The zero-order valence-electron chi connectivity index (χ0n) is 21.4. The van der Waals surface area contributed by atoms with Gasteiger partial charge in [0, 0.05) is 12.1 Å². The Bertz CT molecular complexity index is 927. The molecule has 6 heteroatoms. The number of esters is 1. The normalized spacial score (nSPS) is 16.0. The SMILES string of the molecule is CCCCCc1cc(O)c(CC=C(C)CCC=C(C)C)c(O)c1C(=O)N1CCC[C@@H]1C(=O)OC. The van der Waals surface area contributed by atoms with Crippen LogP contribution in [0, 0.1) is 0 Å². The van der Waals surface area contributed by atoms with Gasteiger partial charge in [-0.05, 0) is 77.3 Å². The van der Waals surface area contributed by atoms with Crippen molar-refractivity contribution < 1.29 is 24.5 Å². The molecule has 0 radical (unpaired) electrons. The number of unbranched alkanes of at least 4 members (excludes halogenated alkanes) is 2. The van der Waals surface area contributed by atoms with Crippen molar-refractivity contribution in [3.05, 3.63) is 46.1 Å². The number of benzene rings is 1. The Kier molecular flexibility index (Phi) is 10.7.